The maximum absolute atomic E-state index is 11.9. The number of aliphatic carboxylic acids is 1. The van der Waals surface area contributed by atoms with Gasteiger partial charge in [-0.15, -0.1) is 13.2 Å². The van der Waals surface area contributed by atoms with Crippen molar-refractivity contribution < 1.29 is 14.7 Å². The third-order valence-electron chi connectivity index (χ3n) is 2.78. The van der Waals surface area contributed by atoms with Gasteiger partial charge in [0, 0.05) is 12.5 Å². The Morgan fingerprint density at radius 2 is 1.78 bits per heavy atom. The lowest BCUT2D eigenvalue weighted by Gasteiger charge is -2.16. The minimum atomic E-state index is -0.860. The van der Waals surface area contributed by atoms with Crippen LogP contribution in [0.25, 0.3) is 0 Å². The quantitative estimate of drug-likeness (QED) is 0.587. The smallest absolute Gasteiger partial charge is 0.308 e. The van der Waals surface area contributed by atoms with E-state index in [9.17, 15) is 9.59 Å². The Morgan fingerprint density at radius 3 is 2.17 bits per heavy atom. The third kappa shape index (κ3) is 6.23. The summed E-state index contributed by atoms with van der Waals surface area (Å²) in [6.45, 7) is 9.33. The molecule has 0 heterocycles. The van der Waals surface area contributed by atoms with Gasteiger partial charge in [-0.05, 0) is 19.3 Å². The fourth-order valence-electron chi connectivity index (χ4n) is 1.74. The van der Waals surface area contributed by atoms with Crippen LogP contribution in [0.1, 0.15) is 32.6 Å². The van der Waals surface area contributed by atoms with E-state index >= 15 is 0 Å². The molecule has 4 nitrogen and oxygen atoms in total. The van der Waals surface area contributed by atoms with Gasteiger partial charge in [0.05, 0.1) is 5.92 Å². The van der Waals surface area contributed by atoms with Crippen LogP contribution in [-0.2, 0) is 9.59 Å². The van der Waals surface area contributed by atoms with Crippen LogP contribution >= 0.6 is 0 Å². The topological polar surface area (TPSA) is 66.4 Å². The van der Waals surface area contributed by atoms with Gasteiger partial charge in [-0.3, -0.25) is 9.59 Å². The Labute approximate surface area is 109 Å². The summed E-state index contributed by atoms with van der Waals surface area (Å²) in [7, 11) is 0. The standard InChI is InChI=1S/C14H23NO3/c1-4-7-11(8-5-2)13(16)15-10-12(9-6-3)14(17)18/h4-5,11-12H,1-2,6-10H2,3H3,(H,15,16)(H,17,18). The van der Waals surface area contributed by atoms with Gasteiger partial charge in [-0.2, -0.15) is 0 Å². The number of hydrogen-bond acceptors (Lipinski definition) is 2. The van der Waals surface area contributed by atoms with Gasteiger partial charge < -0.3 is 10.4 Å². The van der Waals surface area contributed by atoms with Crippen LogP contribution in [0.5, 0.6) is 0 Å². The molecular weight excluding hydrogens is 230 g/mol. The number of carboxylic acids is 1. The van der Waals surface area contributed by atoms with Crippen molar-refractivity contribution in [2.45, 2.75) is 32.6 Å². The van der Waals surface area contributed by atoms with E-state index in [0.717, 1.165) is 6.42 Å². The molecule has 1 atom stereocenters. The van der Waals surface area contributed by atoms with Crippen LogP contribution < -0.4 is 5.32 Å². The Bertz CT molecular complexity index is 289. The zero-order valence-corrected chi connectivity index (χ0v) is 11.0. The number of rotatable bonds is 10. The van der Waals surface area contributed by atoms with Crippen molar-refractivity contribution in [1.29, 1.82) is 0 Å². The number of allylic oxidation sites excluding steroid dienone is 2. The first-order valence-corrected chi connectivity index (χ1v) is 6.29. The fraction of sp³-hybridized carbons (Fsp3) is 0.571. The molecule has 18 heavy (non-hydrogen) atoms. The van der Waals surface area contributed by atoms with Crippen molar-refractivity contribution in [3.8, 4) is 0 Å². The summed E-state index contributed by atoms with van der Waals surface area (Å²) >= 11 is 0. The molecule has 0 fully saturated rings. The lowest BCUT2D eigenvalue weighted by Crippen LogP contribution is -2.36. The number of carboxylic acid groups (broad SMARTS) is 1. The Morgan fingerprint density at radius 1 is 1.22 bits per heavy atom. The number of carbonyl (C=O) groups excluding carboxylic acids is 1. The predicted octanol–water partition coefficient (Wildman–Crippen LogP) is 2.37. The molecule has 0 aromatic heterocycles. The number of nitrogens with one attached hydrogen (secondary N) is 1. The maximum Gasteiger partial charge on any atom is 0.308 e. The highest BCUT2D eigenvalue weighted by atomic mass is 16.4. The van der Waals surface area contributed by atoms with E-state index in [-0.39, 0.29) is 18.4 Å². The van der Waals surface area contributed by atoms with Crippen molar-refractivity contribution in [2.75, 3.05) is 6.54 Å². The highest BCUT2D eigenvalue weighted by Gasteiger charge is 2.20. The molecule has 0 aliphatic rings. The van der Waals surface area contributed by atoms with Crippen LogP contribution in [0.4, 0.5) is 0 Å². The summed E-state index contributed by atoms with van der Waals surface area (Å²) in [6.07, 6.45) is 5.88. The summed E-state index contributed by atoms with van der Waals surface area (Å²) < 4.78 is 0. The van der Waals surface area contributed by atoms with Gasteiger partial charge in [-0.25, -0.2) is 0 Å². The van der Waals surface area contributed by atoms with Crippen molar-refractivity contribution >= 4 is 11.9 Å². The molecule has 0 saturated heterocycles. The first-order valence-electron chi connectivity index (χ1n) is 6.29. The number of hydrogen-bond donors (Lipinski definition) is 2. The molecule has 0 aromatic carbocycles. The molecule has 0 spiro atoms. The molecule has 0 rings (SSSR count). The van der Waals surface area contributed by atoms with Crippen LogP contribution in [-0.4, -0.2) is 23.5 Å². The summed E-state index contributed by atoms with van der Waals surface area (Å²) in [5.74, 6) is -1.69. The van der Waals surface area contributed by atoms with E-state index in [4.69, 9.17) is 5.11 Å². The Kier molecular flexibility index (Phi) is 8.62. The molecule has 0 aliphatic heterocycles. The van der Waals surface area contributed by atoms with Gasteiger partial charge in [0.15, 0.2) is 0 Å². The molecule has 0 aromatic rings. The molecule has 2 N–H and O–H groups in total. The number of carbonyl (C=O) groups is 2. The van der Waals surface area contributed by atoms with E-state index in [2.05, 4.69) is 18.5 Å². The molecular formula is C14H23NO3. The van der Waals surface area contributed by atoms with E-state index in [0.29, 0.717) is 19.3 Å². The Hall–Kier alpha value is -1.58. The van der Waals surface area contributed by atoms with Crippen LogP contribution in [0.15, 0.2) is 25.3 Å². The predicted molar refractivity (Wildman–Crippen MR) is 72.2 cm³/mol. The SMILES string of the molecule is C=CCC(CC=C)C(=O)NCC(CCC)C(=O)O. The summed E-state index contributed by atoms with van der Waals surface area (Å²) in [6, 6.07) is 0. The summed E-state index contributed by atoms with van der Waals surface area (Å²) in [5.41, 5.74) is 0. The average molecular weight is 253 g/mol. The van der Waals surface area contributed by atoms with E-state index in [1.54, 1.807) is 12.2 Å². The molecule has 102 valence electrons. The van der Waals surface area contributed by atoms with E-state index in [1.165, 1.54) is 0 Å². The second-order valence-electron chi connectivity index (χ2n) is 4.31. The molecule has 0 radical (unpaired) electrons. The van der Waals surface area contributed by atoms with Gasteiger partial charge in [0.1, 0.15) is 0 Å². The fourth-order valence-corrected chi connectivity index (χ4v) is 1.74. The summed E-state index contributed by atoms with van der Waals surface area (Å²) in [5, 5.41) is 11.7. The first kappa shape index (κ1) is 16.4. The average Bonchev–Trinajstić information content (AvgIpc) is 2.33. The molecule has 1 amide bonds. The molecule has 0 saturated carbocycles. The van der Waals surface area contributed by atoms with Gasteiger partial charge >= 0.3 is 5.97 Å². The highest BCUT2D eigenvalue weighted by molar-refractivity contribution is 5.80. The monoisotopic (exact) mass is 253 g/mol. The molecule has 0 aliphatic carbocycles. The second-order valence-corrected chi connectivity index (χ2v) is 4.31. The lowest BCUT2D eigenvalue weighted by atomic mass is 9.99. The minimum absolute atomic E-state index is 0.128. The van der Waals surface area contributed by atoms with Gasteiger partial charge in [0.25, 0.3) is 0 Å². The van der Waals surface area contributed by atoms with Gasteiger partial charge in [-0.1, -0.05) is 25.5 Å². The zero-order chi connectivity index (χ0) is 14.0. The minimum Gasteiger partial charge on any atom is -0.481 e. The second kappa shape index (κ2) is 9.45. The lowest BCUT2D eigenvalue weighted by molar-refractivity contribution is -0.142. The van der Waals surface area contributed by atoms with Crippen molar-refractivity contribution in [2.24, 2.45) is 11.8 Å². The van der Waals surface area contributed by atoms with Crippen LogP contribution in [0, 0.1) is 11.8 Å². The number of amides is 1. The summed E-state index contributed by atoms with van der Waals surface area (Å²) in [4.78, 5) is 22.8. The first-order chi connectivity index (χ1) is 8.56. The third-order valence-corrected chi connectivity index (χ3v) is 2.78. The van der Waals surface area contributed by atoms with E-state index < -0.39 is 11.9 Å². The molecule has 1 unspecified atom stereocenters. The zero-order valence-electron chi connectivity index (χ0n) is 11.0. The van der Waals surface area contributed by atoms with Crippen molar-refractivity contribution in [1.82, 2.24) is 5.32 Å². The van der Waals surface area contributed by atoms with Crippen LogP contribution in [0.2, 0.25) is 0 Å². The largest absolute Gasteiger partial charge is 0.481 e. The normalized spacial score (nSPS) is 11.9. The van der Waals surface area contributed by atoms with Gasteiger partial charge in [0.2, 0.25) is 5.91 Å². The van der Waals surface area contributed by atoms with E-state index in [1.807, 2.05) is 6.92 Å². The highest BCUT2D eigenvalue weighted by Crippen LogP contribution is 2.11. The molecule has 0 bridgehead atoms. The maximum atomic E-state index is 11.9. The van der Waals surface area contributed by atoms with Crippen molar-refractivity contribution in [3.05, 3.63) is 25.3 Å². The molecule has 4 heteroatoms. The Balaban J connectivity index is 4.30. The van der Waals surface area contributed by atoms with Crippen molar-refractivity contribution in [3.63, 3.8) is 0 Å². The van der Waals surface area contributed by atoms with Crippen LogP contribution in [0.3, 0.4) is 0 Å².